The first-order valence-electron chi connectivity index (χ1n) is 7.92. The average Bonchev–Trinajstić information content (AvgIpc) is 2.90. The molecule has 0 spiro atoms. The Morgan fingerprint density at radius 1 is 1.11 bits per heavy atom. The van der Waals surface area contributed by atoms with Gasteiger partial charge in [-0.05, 0) is 23.3 Å². The third-order valence-corrected chi connectivity index (χ3v) is 4.39. The maximum Gasteiger partial charge on any atom is 0.419 e. The van der Waals surface area contributed by atoms with Crippen LogP contribution in [0.25, 0.3) is 0 Å². The summed E-state index contributed by atoms with van der Waals surface area (Å²) in [5, 5.41) is 0. The van der Waals surface area contributed by atoms with Crippen molar-refractivity contribution in [3.63, 3.8) is 0 Å². The van der Waals surface area contributed by atoms with Crippen LogP contribution in [-0.4, -0.2) is 31.1 Å². The van der Waals surface area contributed by atoms with E-state index >= 15 is 0 Å². The van der Waals surface area contributed by atoms with Crippen LogP contribution in [0.3, 0.4) is 0 Å². The smallest absolute Gasteiger partial charge is 0.419 e. The monoisotopic (exact) mass is 385 g/mol. The Hall–Kier alpha value is -2.84. The second kappa shape index (κ2) is 6.71. The number of hydrogen-bond donors (Lipinski definition) is 1. The van der Waals surface area contributed by atoms with E-state index in [9.17, 15) is 22.0 Å². The molecule has 3 rings (SSSR count). The first-order chi connectivity index (χ1) is 12.6. The van der Waals surface area contributed by atoms with E-state index < -0.39 is 29.6 Å². The van der Waals surface area contributed by atoms with Gasteiger partial charge in [0.2, 0.25) is 0 Å². The number of aliphatic imine (C=N–C) groups is 1. The number of likely N-dealkylation sites (N-methyl/N-ethyl adjacent to an activating group) is 1. The minimum absolute atomic E-state index is 0.167. The summed E-state index contributed by atoms with van der Waals surface area (Å²) >= 11 is 0. The molecule has 0 radical (unpaired) electrons. The minimum atomic E-state index is -4.88. The van der Waals surface area contributed by atoms with Gasteiger partial charge < -0.3 is 15.4 Å². The third-order valence-electron chi connectivity index (χ3n) is 4.39. The van der Waals surface area contributed by atoms with Gasteiger partial charge in [0, 0.05) is 7.05 Å². The molecule has 0 fully saturated rings. The molecule has 0 bridgehead atoms. The lowest BCUT2D eigenvalue weighted by atomic mass is 9.82. The van der Waals surface area contributed by atoms with E-state index in [1.807, 2.05) is 0 Å². The van der Waals surface area contributed by atoms with Crippen LogP contribution in [0.1, 0.15) is 16.7 Å². The summed E-state index contributed by atoms with van der Waals surface area (Å²) in [4.78, 5) is 6.03. The zero-order valence-electron chi connectivity index (χ0n) is 14.2. The Labute approximate surface area is 152 Å². The van der Waals surface area contributed by atoms with Crippen LogP contribution in [0.4, 0.5) is 22.0 Å². The van der Waals surface area contributed by atoms with Gasteiger partial charge in [-0.3, -0.25) is 0 Å². The van der Waals surface area contributed by atoms with Gasteiger partial charge in [0.25, 0.3) is 0 Å². The standard InChI is InChI=1S/C18H16F5N3O/c1-26-10-17(25-16(26)24,11-5-3-2-4-6-11)12-7-8-14(27-15(19)20)13(9-12)18(21,22)23/h2-9,15H,10H2,1H3,(H2,24,25). The van der Waals surface area contributed by atoms with Crippen molar-refractivity contribution in [2.75, 3.05) is 13.6 Å². The quantitative estimate of drug-likeness (QED) is 0.815. The maximum atomic E-state index is 13.5. The molecule has 1 aliphatic rings. The van der Waals surface area contributed by atoms with Crippen LogP contribution >= 0.6 is 0 Å². The van der Waals surface area contributed by atoms with Crippen molar-refractivity contribution >= 4 is 5.96 Å². The van der Waals surface area contributed by atoms with Crippen LogP contribution < -0.4 is 10.5 Å². The highest BCUT2D eigenvalue weighted by Gasteiger charge is 2.43. The molecule has 1 heterocycles. The highest BCUT2D eigenvalue weighted by Crippen LogP contribution is 2.43. The molecule has 0 amide bonds. The van der Waals surface area contributed by atoms with E-state index in [0.29, 0.717) is 5.56 Å². The summed E-state index contributed by atoms with van der Waals surface area (Å²) < 4.78 is 69.4. The van der Waals surface area contributed by atoms with E-state index in [1.54, 1.807) is 42.3 Å². The summed E-state index contributed by atoms with van der Waals surface area (Å²) in [6, 6.07) is 11.7. The fraction of sp³-hybridized carbons (Fsp3) is 0.278. The topological polar surface area (TPSA) is 50.8 Å². The maximum absolute atomic E-state index is 13.5. The molecule has 0 saturated carbocycles. The van der Waals surface area contributed by atoms with E-state index in [4.69, 9.17) is 5.73 Å². The molecular weight excluding hydrogens is 369 g/mol. The van der Waals surface area contributed by atoms with Crippen LogP contribution in [0.2, 0.25) is 0 Å². The van der Waals surface area contributed by atoms with Crippen molar-refractivity contribution in [2.24, 2.45) is 10.7 Å². The molecule has 144 valence electrons. The van der Waals surface area contributed by atoms with Gasteiger partial charge in [0.05, 0.1) is 12.1 Å². The van der Waals surface area contributed by atoms with E-state index in [-0.39, 0.29) is 18.1 Å². The van der Waals surface area contributed by atoms with Gasteiger partial charge in [-0.1, -0.05) is 36.4 Å². The van der Waals surface area contributed by atoms with Crippen molar-refractivity contribution in [2.45, 2.75) is 18.3 Å². The summed E-state index contributed by atoms with van der Waals surface area (Å²) in [5.74, 6) is -0.770. The molecule has 2 N–H and O–H groups in total. The van der Waals surface area contributed by atoms with E-state index in [1.165, 1.54) is 6.07 Å². The van der Waals surface area contributed by atoms with Crippen LogP contribution in [0, 0.1) is 0 Å². The lowest BCUT2D eigenvalue weighted by Gasteiger charge is -2.29. The number of ether oxygens (including phenoxy) is 1. The minimum Gasteiger partial charge on any atom is -0.434 e. The predicted octanol–water partition coefficient (Wildman–Crippen LogP) is 3.81. The Morgan fingerprint density at radius 2 is 1.78 bits per heavy atom. The van der Waals surface area contributed by atoms with E-state index in [0.717, 1.165) is 12.1 Å². The number of hydrogen-bond acceptors (Lipinski definition) is 4. The van der Waals surface area contributed by atoms with Crippen molar-refractivity contribution in [3.05, 3.63) is 65.2 Å². The molecule has 1 atom stereocenters. The summed E-state index contributed by atoms with van der Waals surface area (Å²) in [6.45, 7) is -3.17. The Kier molecular flexibility index (Phi) is 4.71. The summed E-state index contributed by atoms with van der Waals surface area (Å²) in [5.41, 5.74) is 4.20. The number of benzene rings is 2. The fourth-order valence-corrected chi connectivity index (χ4v) is 3.14. The molecule has 1 unspecified atom stereocenters. The third kappa shape index (κ3) is 3.54. The second-order valence-electron chi connectivity index (χ2n) is 6.14. The molecular formula is C18H16F5N3O. The second-order valence-corrected chi connectivity index (χ2v) is 6.14. The van der Waals surface area contributed by atoms with Gasteiger partial charge >= 0.3 is 12.8 Å². The average molecular weight is 385 g/mol. The van der Waals surface area contributed by atoms with Crippen LogP contribution in [0.15, 0.2) is 53.5 Å². The predicted molar refractivity (Wildman–Crippen MR) is 89.6 cm³/mol. The number of nitrogens with two attached hydrogens (primary N) is 1. The Morgan fingerprint density at radius 3 is 2.30 bits per heavy atom. The molecule has 0 saturated heterocycles. The van der Waals surface area contributed by atoms with Gasteiger partial charge in [-0.25, -0.2) is 4.99 Å². The summed E-state index contributed by atoms with van der Waals surface area (Å²) in [6.07, 6.45) is -4.88. The molecule has 2 aromatic rings. The van der Waals surface area contributed by atoms with Crippen molar-refractivity contribution in [1.29, 1.82) is 0 Å². The Balaban J connectivity index is 2.20. The number of halogens is 5. The molecule has 27 heavy (non-hydrogen) atoms. The lowest BCUT2D eigenvalue weighted by Crippen LogP contribution is -2.35. The molecule has 0 aliphatic carbocycles. The molecule has 4 nitrogen and oxygen atoms in total. The summed E-state index contributed by atoms with van der Waals surface area (Å²) in [7, 11) is 1.67. The van der Waals surface area contributed by atoms with Gasteiger partial charge in [0.15, 0.2) is 5.96 Å². The van der Waals surface area contributed by atoms with Crippen LogP contribution in [-0.2, 0) is 11.7 Å². The van der Waals surface area contributed by atoms with Crippen molar-refractivity contribution in [1.82, 2.24) is 4.90 Å². The first kappa shape index (κ1) is 18.9. The SMILES string of the molecule is CN1CC(c2ccccc2)(c2ccc(OC(F)F)c(C(F)(F)F)c2)N=C1N. The van der Waals surface area contributed by atoms with Crippen LogP contribution in [0.5, 0.6) is 5.75 Å². The van der Waals surface area contributed by atoms with Gasteiger partial charge in [-0.15, -0.1) is 0 Å². The first-order valence-corrected chi connectivity index (χ1v) is 7.92. The highest BCUT2D eigenvalue weighted by atomic mass is 19.4. The highest BCUT2D eigenvalue weighted by molar-refractivity contribution is 5.81. The Bertz CT molecular complexity index is 854. The number of alkyl halides is 5. The van der Waals surface area contributed by atoms with E-state index in [2.05, 4.69) is 9.73 Å². The molecule has 0 aromatic heterocycles. The molecule has 2 aromatic carbocycles. The lowest BCUT2D eigenvalue weighted by molar-refractivity contribution is -0.141. The molecule has 9 heteroatoms. The number of rotatable bonds is 4. The van der Waals surface area contributed by atoms with Gasteiger partial charge in [0.1, 0.15) is 11.3 Å². The number of nitrogens with zero attached hydrogens (tertiary/aromatic N) is 2. The van der Waals surface area contributed by atoms with Crippen molar-refractivity contribution in [3.8, 4) is 5.75 Å². The number of guanidine groups is 1. The van der Waals surface area contributed by atoms with Crippen molar-refractivity contribution < 1.29 is 26.7 Å². The fourth-order valence-electron chi connectivity index (χ4n) is 3.14. The largest absolute Gasteiger partial charge is 0.434 e. The zero-order valence-corrected chi connectivity index (χ0v) is 14.2. The molecule has 1 aliphatic heterocycles. The normalized spacial score (nSPS) is 20.1. The van der Waals surface area contributed by atoms with Gasteiger partial charge in [-0.2, -0.15) is 22.0 Å². The zero-order chi connectivity index (χ0) is 19.8.